The lowest BCUT2D eigenvalue weighted by molar-refractivity contribution is -0.118. The predicted molar refractivity (Wildman–Crippen MR) is 109 cm³/mol. The van der Waals surface area contributed by atoms with Crippen molar-refractivity contribution in [2.45, 2.75) is 13.8 Å². The molecule has 0 saturated carbocycles. The molecule has 2 amide bonds. The van der Waals surface area contributed by atoms with Crippen molar-refractivity contribution in [1.29, 1.82) is 0 Å². The molecule has 7 nitrogen and oxygen atoms in total. The van der Waals surface area contributed by atoms with Gasteiger partial charge in [-0.15, -0.1) is 0 Å². The van der Waals surface area contributed by atoms with Crippen molar-refractivity contribution in [3.05, 3.63) is 65.9 Å². The van der Waals surface area contributed by atoms with E-state index in [4.69, 9.17) is 9.15 Å². The van der Waals surface area contributed by atoms with Crippen molar-refractivity contribution < 1.29 is 23.5 Å². The number of carbonyl (C=O) groups excluding carboxylic acids is 3. The summed E-state index contributed by atoms with van der Waals surface area (Å²) < 4.78 is 11.1. The van der Waals surface area contributed by atoms with Crippen molar-refractivity contribution in [2.24, 2.45) is 0 Å². The molecule has 3 aromatic rings. The van der Waals surface area contributed by atoms with Gasteiger partial charge < -0.3 is 14.5 Å². The van der Waals surface area contributed by atoms with Gasteiger partial charge in [0, 0.05) is 31.0 Å². The smallest absolute Gasteiger partial charge is 0.414 e. The van der Waals surface area contributed by atoms with E-state index in [2.05, 4.69) is 5.32 Å². The molecule has 1 heterocycles. The Balaban J connectivity index is 2.11. The first-order valence-electron chi connectivity index (χ1n) is 9.33. The molecule has 0 unspecified atom stereocenters. The second kappa shape index (κ2) is 9.05. The average molecular weight is 394 g/mol. The van der Waals surface area contributed by atoms with E-state index in [0.29, 0.717) is 22.2 Å². The number of carbonyl (C=O) groups is 3. The number of furan rings is 1. The fraction of sp³-hybridized carbons (Fsp3) is 0.227. The van der Waals surface area contributed by atoms with Crippen LogP contribution in [0, 0.1) is 0 Å². The molecule has 0 spiro atoms. The SMILES string of the molecule is CCOC(=O)N(CCNC(C)=O)c1c(C(=O)c2ccccc2)oc2ccccc12. The molecular formula is C22H22N2O5. The fourth-order valence-electron chi connectivity index (χ4n) is 3.01. The highest BCUT2D eigenvalue weighted by Gasteiger charge is 2.29. The minimum Gasteiger partial charge on any atom is -0.450 e. The molecule has 29 heavy (non-hydrogen) atoms. The Bertz CT molecular complexity index is 1030. The zero-order valence-corrected chi connectivity index (χ0v) is 16.3. The number of amides is 2. The van der Waals surface area contributed by atoms with Crippen LogP contribution in [0.5, 0.6) is 0 Å². The number of hydrogen-bond acceptors (Lipinski definition) is 5. The quantitative estimate of drug-likeness (QED) is 0.617. The van der Waals surface area contributed by atoms with Crippen LogP contribution in [-0.4, -0.2) is 37.5 Å². The van der Waals surface area contributed by atoms with Crippen molar-refractivity contribution in [1.82, 2.24) is 5.32 Å². The summed E-state index contributed by atoms with van der Waals surface area (Å²) >= 11 is 0. The Hall–Kier alpha value is -3.61. The van der Waals surface area contributed by atoms with Gasteiger partial charge in [0.15, 0.2) is 5.76 Å². The number of rotatable bonds is 7. The first-order chi connectivity index (χ1) is 14.0. The van der Waals surface area contributed by atoms with Crippen molar-refractivity contribution in [3.63, 3.8) is 0 Å². The van der Waals surface area contributed by atoms with Crippen LogP contribution < -0.4 is 10.2 Å². The van der Waals surface area contributed by atoms with E-state index in [1.807, 2.05) is 6.07 Å². The second-order valence-electron chi connectivity index (χ2n) is 6.30. The molecule has 3 rings (SSSR count). The van der Waals surface area contributed by atoms with E-state index in [0.717, 1.165) is 0 Å². The van der Waals surface area contributed by atoms with Crippen LogP contribution in [0.15, 0.2) is 59.0 Å². The van der Waals surface area contributed by atoms with E-state index in [-0.39, 0.29) is 37.1 Å². The van der Waals surface area contributed by atoms with Gasteiger partial charge in [-0.05, 0) is 19.1 Å². The molecule has 0 bridgehead atoms. The van der Waals surface area contributed by atoms with Gasteiger partial charge in [0.2, 0.25) is 11.7 Å². The maximum Gasteiger partial charge on any atom is 0.414 e. The first kappa shape index (κ1) is 20.1. The Kier molecular flexibility index (Phi) is 6.29. The third-order valence-corrected chi connectivity index (χ3v) is 4.28. The Morgan fingerprint density at radius 1 is 1.03 bits per heavy atom. The number of ether oxygens (including phenoxy) is 1. The Morgan fingerprint density at radius 3 is 2.41 bits per heavy atom. The Morgan fingerprint density at radius 2 is 1.72 bits per heavy atom. The van der Waals surface area contributed by atoms with Gasteiger partial charge in [0.05, 0.1) is 6.61 Å². The molecule has 0 atom stereocenters. The van der Waals surface area contributed by atoms with Gasteiger partial charge in [0.25, 0.3) is 0 Å². The molecule has 1 N–H and O–H groups in total. The van der Waals surface area contributed by atoms with Crippen LogP contribution in [0.3, 0.4) is 0 Å². The van der Waals surface area contributed by atoms with Gasteiger partial charge in [-0.1, -0.05) is 42.5 Å². The molecule has 0 radical (unpaired) electrons. The van der Waals surface area contributed by atoms with Gasteiger partial charge in [0.1, 0.15) is 11.3 Å². The van der Waals surface area contributed by atoms with E-state index >= 15 is 0 Å². The molecule has 1 aromatic heterocycles. The van der Waals surface area contributed by atoms with E-state index in [1.54, 1.807) is 55.5 Å². The van der Waals surface area contributed by atoms with Crippen LogP contribution >= 0.6 is 0 Å². The highest BCUT2D eigenvalue weighted by molar-refractivity contribution is 6.17. The van der Waals surface area contributed by atoms with E-state index < -0.39 is 6.09 Å². The standard InChI is InChI=1S/C22H22N2O5/c1-3-28-22(27)24(14-13-23-15(2)25)19-17-11-7-8-12-18(17)29-21(19)20(26)16-9-5-4-6-10-16/h4-12H,3,13-14H2,1-2H3,(H,23,25). The Labute approximate surface area is 168 Å². The summed E-state index contributed by atoms with van der Waals surface area (Å²) in [6.07, 6.45) is -0.619. The molecule has 0 aliphatic heterocycles. The summed E-state index contributed by atoms with van der Waals surface area (Å²) in [5.41, 5.74) is 1.26. The minimum absolute atomic E-state index is 0.0493. The highest BCUT2D eigenvalue weighted by Crippen LogP contribution is 2.35. The number of benzene rings is 2. The number of hydrogen-bond donors (Lipinski definition) is 1. The third kappa shape index (κ3) is 4.45. The first-order valence-corrected chi connectivity index (χ1v) is 9.33. The molecule has 0 fully saturated rings. The van der Waals surface area contributed by atoms with E-state index in [9.17, 15) is 14.4 Å². The predicted octanol–water partition coefficient (Wildman–Crippen LogP) is 3.76. The van der Waals surface area contributed by atoms with Gasteiger partial charge in [-0.3, -0.25) is 14.5 Å². The summed E-state index contributed by atoms with van der Waals surface area (Å²) in [6, 6.07) is 15.8. The number of ketones is 1. The molecule has 0 saturated heterocycles. The minimum atomic E-state index is -0.619. The molecule has 7 heteroatoms. The molecular weight excluding hydrogens is 372 g/mol. The average Bonchev–Trinajstić information content (AvgIpc) is 3.10. The zero-order chi connectivity index (χ0) is 20.8. The summed E-state index contributed by atoms with van der Waals surface area (Å²) in [6.45, 7) is 3.59. The summed E-state index contributed by atoms with van der Waals surface area (Å²) in [7, 11) is 0. The molecule has 150 valence electrons. The van der Waals surface area contributed by atoms with Gasteiger partial charge >= 0.3 is 6.09 Å². The van der Waals surface area contributed by atoms with Crippen molar-refractivity contribution in [3.8, 4) is 0 Å². The molecule has 2 aromatic carbocycles. The molecule has 0 aliphatic rings. The normalized spacial score (nSPS) is 10.6. The number of anilines is 1. The number of para-hydroxylation sites is 1. The van der Waals surface area contributed by atoms with Gasteiger partial charge in [-0.25, -0.2) is 4.79 Å². The number of nitrogens with one attached hydrogen (secondary N) is 1. The maximum atomic E-state index is 13.2. The number of nitrogens with zero attached hydrogens (tertiary/aromatic N) is 1. The van der Waals surface area contributed by atoms with Gasteiger partial charge in [-0.2, -0.15) is 0 Å². The van der Waals surface area contributed by atoms with Crippen LogP contribution in [0.25, 0.3) is 11.0 Å². The van der Waals surface area contributed by atoms with Crippen molar-refractivity contribution in [2.75, 3.05) is 24.6 Å². The maximum absolute atomic E-state index is 13.2. The lowest BCUT2D eigenvalue weighted by atomic mass is 10.1. The topological polar surface area (TPSA) is 88.9 Å². The van der Waals surface area contributed by atoms with Crippen LogP contribution in [0.2, 0.25) is 0 Å². The lowest BCUT2D eigenvalue weighted by Gasteiger charge is -2.22. The summed E-state index contributed by atoms with van der Waals surface area (Å²) in [5.74, 6) is -0.509. The largest absolute Gasteiger partial charge is 0.450 e. The fourth-order valence-corrected chi connectivity index (χ4v) is 3.01. The second-order valence-corrected chi connectivity index (χ2v) is 6.30. The van der Waals surface area contributed by atoms with Crippen molar-refractivity contribution >= 4 is 34.4 Å². The van der Waals surface area contributed by atoms with Crippen LogP contribution in [0.4, 0.5) is 10.5 Å². The highest BCUT2D eigenvalue weighted by atomic mass is 16.6. The number of fused-ring (bicyclic) bond motifs is 1. The van der Waals surface area contributed by atoms with Crippen LogP contribution in [-0.2, 0) is 9.53 Å². The van der Waals surface area contributed by atoms with Crippen LogP contribution in [0.1, 0.15) is 30.0 Å². The lowest BCUT2D eigenvalue weighted by Crippen LogP contribution is -2.39. The third-order valence-electron chi connectivity index (χ3n) is 4.28. The zero-order valence-electron chi connectivity index (χ0n) is 16.3. The van der Waals surface area contributed by atoms with E-state index in [1.165, 1.54) is 11.8 Å². The summed E-state index contributed by atoms with van der Waals surface area (Å²) in [4.78, 5) is 38.5. The molecule has 0 aliphatic carbocycles. The monoisotopic (exact) mass is 394 g/mol. The summed E-state index contributed by atoms with van der Waals surface area (Å²) in [5, 5.41) is 3.27.